The average Bonchev–Trinajstić information content (AvgIpc) is 2.75. The van der Waals surface area contributed by atoms with Crippen molar-refractivity contribution in [2.75, 3.05) is 26.2 Å². The number of nitrogens with zero attached hydrogens (tertiary/aromatic N) is 1. The van der Waals surface area contributed by atoms with Gasteiger partial charge < -0.3 is 4.74 Å². The van der Waals surface area contributed by atoms with Gasteiger partial charge in [0.1, 0.15) is 6.61 Å². The van der Waals surface area contributed by atoms with E-state index in [0.29, 0.717) is 22.4 Å². The van der Waals surface area contributed by atoms with Gasteiger partial charge in [0.05, 0.1) is 10.0 Å². The number of halogens is 2. The molecule has 1 aliphatic rings. The highest BCUT2D eigenvalue weighted by molar-refractivity contribution is 6.37. The van der Waals surface area contributed by atoms with Gasteiger partial charge in [-0.3, -0.25) is 4.90 Å². The largest absolute Gasteiger partial charge is 0.489 e. The molecule has 1 aromatic rings. The van der Waals surface area contributed by atoms with Gasteiger partial charge in [0.25, 0.3) is 0 Å². The van der Waals surface area contributed by atoms with Crippen LogP contribution in [0.4, 0.5) is 0 Å². The number of hydrogen-bond acceptors (Lipinski definition) is 2. The summed E-state index contributed by atoms with van der Waals surface area (Å²) in [5.74, 6) is 0.602. The lowest BCUT2D eigenvalue weighted by molar-refractivity contribution is 0.238. The monoisotopic (exact) mass is 259 g/mol. The SMILES string of the molecule is Clc1cccc(Cl)c1OCCN1CCCC1. The number of likely N-dealkylation sites (tertiary alicyclic amines) is 1. The molecule has 16 heavy (non-hydrogen) atoms. The summed E-state index contributed by atoms with van der Waals surface area (Å²) in [5, 5.41) is 1.16. The maximum atomic E-state index is 6.00. The van der Waals surface area contributed by atoms with Gasteiger partial charge in [-0.25, -0.2) is 0 Å². The van der Waals surface area contributed by atoms with Crippen molar-refractivity contribution in [1.82, 2.24) is 4.90 Å². The normalized spacial score (nSPS) is 16.6. The topological polar surface area (TPSA) is 12.5 Å². The van der Waals surface area contributed by atoms with Gasteiger partial charge in [-0.2, -0.15) is 0 Å². The number of hydrogen-bond donors (Lipinski definition) is 0. The van der Waals surface area contributed by atoms with Gasteiger partial charge in [0.15, 0.2) is 5.75 Å². The van der Waals surface area contributed by atoms with Crippen molar-refractivity contribution in [3.05, 3.63) is 28.2 Å². The van der Waals surface area contributed by atoms with Crippen molar-refractivity contribution in [2.24, 2.45) is 0 Å². The summed E-state index contributed by atoms with van der Waals surface area (Å²) in [4.78, 5) is 2.39. The maximum Gasteiger partial charge on any atom is 0.156 e. The van der Waals surface area contributed by atoms with E-state index in [1.165, 1.54) is 25.9 Å². The minimum atomic E-state index is 0.578. The van der Waals surface area contributed by atoms with Crippen LogP contribution in [0.25, 0.3) is 0 Å². The third-order valence-corrected chi connectivity index (χ3v) is 3.37. The van der Waals surface area contributed by atoms with Crippen molar-refractivity contribution >= 4 is 23.2 Å². The molecular weight excluding hydrogens is 245 g/mol. The van der Waals surface area contributed by atoms with Crippen LogP contribution in [0.5, 0.6) is 5.75 Å². The minimum Gasteiger partial charge on any atom is -0.489 e. The Morgan fingerprint density at radius 3 is 2.38 bits per heavy atom. The van der Waals surface area contributed by atoms with Gasteiger partial charge in [0, 0.05) is 6.54 Å². The van der Waals surface area contributed by atoms with Crippen LogP contribution in [0.2, 0.25) is 10.0 Å². The molecule has 1 heterocycles. The zero-order valence-electron chi connectivity index (χ0n) is 9.09. The number of ether oxygens (including phenoxy) is 1. The molecule has 0 aromatic heterocycles. The first-order valence-electron chi connectivity index (χ1n) is 5.56. The summed E-state index contributed by atoms with van der Waals surface area (Å²) in [5.41, 5.74) is 0. The second-order valence-corrected chi connectivity index (χ2v) is 4.76. The van der Waals surface area contributed by atoms with Crippen LogP contribution in [0.1, 0.15) is 12.8 Å². The zero-order chi connectivity index (χ0) is 11.4. The third kappa shape index (κ3) is 3.03. The van der Waals surface area contributed by atoms with Crippen LogP contribution >= 0.6 is 23.2 Å². The lowest BCUT2D eigenvalue weighted by Gasteiger charge is -2.15. The van der Waals surface area contributed by atoms with E-state index in [9.17, 15) is 0 Å². The Kier molecular flexibility index (Phi) is 4.33. The van der Waals surface area contributed by atoms with Crippen LogP contribution < -0.4 is 4.74 Å². The van der Waals surface area contributed by atoms with Crippen molar-refractivity contribution in [3.63, 3.8) is 0 Å². The van der Waals surface area contributed by atoms with E-state index in [2.05, 4.69) is 4.90 Å². The fourth-order valence-corrected chi connectivity index (χ4v) is 2.41. The minimum absolute atomic E-state index is 0.578. The molecule has 1 fully saturated rings. The quantitative estimate of drug-likeness (QED) is 0.821. The third-order valence-electron chi connectivity index (χ3n) is 2.77. The summed E-state index contributed by atoms with van der Waals surface area (Å²) in [7, 11) is 0. The van der Waals surface area contributed by atoms with E-state index in [0.717, 1.165) is 6.54 Å². The molecule has 0 radical (unpaired) electrons. The molecule has 0 amide bonds. The molecular formula is C12H15Cl2NO. The van der Waals surface area contributed by atoms with Crippen LogP contribution in [0.15, 0.2) is 18.2 Å². The number of para-hydroxylation sites is 1. The van der Waals surface area contributed by atoms with Crippen LogP contribution in [-0.4, -0.2) is 31.1 Å². The summed E-state index contributed by atoms with van der Waals surface area (Å²) < 4.78 is 5.62. The highest BCUT2D eigenvalue weighted by atomic mass is 35.5. The van der Waals surface area contributed by atoms with Gasteiger partial charge in [0.2, 0.25) is 0 Å². The van der Waals surface area contributed by atoms with E-state index in [-0.39, 0.29) is 0 Å². The highest BCUT2D eigenvalue weighted by Gasteiger charge is 2.12. The first kappa shape index (κ1) is 12.0. The van der Waals surface area contributed by atoms with E-state index in [1.807, 2.05) is 6.07 Å². The molecule has 2 rings (SSSR count). The molecule has 1 aliphatic heterocycles. The Hall–Kier alpha value is -0.440. The Morgan fingerprint density at radius 1 is 1.12 bits per heavy atom. The van der Waals surface area contributed by atoms with Crippen LogP contribution in [-0.2, 0) is 0 Å². The van der Waals surface area contributed by atoms with E-state index in [1.54, 1.807) is 12.1 Å². The Balaban J connectivity index is 1.84. The van der Waals surface area contributed by atoms with E-state index >= 15 is 0 Å². The molecule has 4 heteroatoms. The van der Waals surface area contributed by atoms with Crippen molar-refractivity contribution in [1.29, 1.82) is 0 Å². The molecule has 0 saturated carbocycles. The standard InChI is InChI=1S/C12H15Cl2NO/c13-10-4-3-5-11(14)12(10)16-9-8-15-6-1-2-7-15/h3-5H,1-2,6-9H2. The van der Waals surface area contributed by atoms with Gasteiger partial charge >= 0.3 is 0 Å². The summed E-state index contributed by atoms with van der Waals surface area (Å²) in [6.45, 7) is 3.95. The fourth-order valence-electron chi connectivity index (χ4n) is 1.90. The molecule has 88 valence electrons. The molecule has 1 saturated heterocycles. The predicted octanol–water partition coefficient (Wildman–Crippen LogP) is 3.47. The number of rotatable bonds is 4. The first-order chi connectivity index (χ1) is 7.77. The fraction of sp³-hybridized carbons (Fsp3) is 0.500. The highest BCUT2D eigenvalue weighted by Crippen LogP contribution is 2.32. The lowest BCUT2D eigenvalue weighted by atomic mass is 10.3. The molecule has 0 unspecified atom stereocenters. The van der Waals surface area contributed by atoms with Gasteiger partial charge in [-0.1, -0.05) is 29.3 Å². The maximum absolute atomic E-state index is 6.00. The molecule has 0 atom stereocenters. The van der Waals surface area contributed by atoms with Gasteiger partial charge in [-0.05, 0) is 38.1 Å². The predicted molar refractivity (Wildman–Crippen MR) is 67.6 cm³/mol. The molecule has 1 aromatic carbocycles. The molecule has 0 aliphatic carbocycles. The smallest absolute Gasteiger partial charge is 0.156 e. The van der Waals surface area contributed by atoms with E-state index < -0.39 is 0 Å². The summed E-state index contributed by atoms with van der Waals surface area (Å²) in [6.07, 6.45) is 2.60. The van der Waals surface area contributed by atoms with Gasteiger partial charge in [-0.15, -0.1) is 0 Å². The second kappa shape index (κ2) is 5.76. The van der Waals surface area contributed by atoms with Crippen LogP contribution in [0, 0.1) is 0 Å². The van der Waals surface area contributed by atoms with E-state index in [4.69, 9.17) is 27.9 Å². The molecule has 0 N–H and O–H groups in total. The Bertz CT molecular complexity index is 331. The summed E-state index contributed by atoms with van der Waals surface area (Å²) in [6, 6.07) is 5.40. The molecule has 0 bridgehead atoms. The average molecular weight is 260 g/mol. The van der Waals surface area contributed by atoms with Crippen molar-refractivity contribution in [2.45, 2.75) is 12.8 Å². The van der Waals surface area contributed by atoms with Crippen molar-refractivity contribution < 1.29 is 4.74 Å². The second-order valence-electron chi connectivity index (χ2n) is 3.95. The van der Waals surface area contributed by atoms with Crippen LogP contribution in [0.3, 0.4) is 0 Å². The van der Waals surface area contributed by atoms with Crippen molar-refractivity contribution in [3.8, 4) is 5.75 Å². The first-order valence-corrected chi connectivity index (χ1v) is 6.32. The Morgan fingerprint density at radius 2 is 1.75 bits per heavy atom. The molecule has 0 spiro atoms. The lowest BCUT2D eigenvalue weighted by Crippen LogP contribution is -2.25. The number of benzene rings is 1. The summed E-state index contributed by atoms with van der Waals surface area (Å²) >= 11 is 12.0. The Labute approximate surface area is 106 Å². The zero-order valence-corrected chi connectivity index (χ0v) is 10.6. The molecule has 2 nitrogen and oxygen atoms in total.